The number of halogens is 1. The SMILES string of the molecule is CCOCC1CCS(=O)(=O)C12CN(C(=O)CCF)C2. The van der Waals surface area contributed by atoms with Crippen LogP contribution >= 0.6 is 0 Å². The zero-order valence-electron chi connectivity index (χ0n) is 11.1. The van der Waals surface area contributed by atoms with Crippen molar-refractivity contribution in [2.24, 2.45) is 5.92 Å². The summed E-state index contributed by atoms with van der Waals surface area (Å²) in [6, 6.07) is 0. The first kappa shape index (κ1) is 14.7. The van der Waals surface area contributed by atoms with E-state index in [9.17, 15) is 17.6 Å². The molecule has 0 aromatic carbocycles. The number of nitrogens with zero attached hydrogens (tertiary/aromatic N) is 1. The van der Waals surface area contributed by atoms with Crippen molar-refractivity contribution in [1.29, 1.82) is 0 Å². The first-order chi connectivity index (χ1) is 8.97. The van der Waals surface area contributed by atoms with Crippen LogP contribution in [-0.2, 0) is 19.4 Å². The average Bonchev–Trinajstić information content (AvgIpc) is 2.56. The van der Waals surface area contributed by atoms with E-state index in [0.29, 0.717) is 19.6 Å². The van der Waals surface area contributed by atoms with Gasteiger partial charge in [-0.3, -0.25) is 9.18 Å². The van der Waals surface area contributed by atoms with E-state index in [1.165, 1.54) is 4.90 Å². The summed E-state index contributed by atoms with van der Waals surface area (Å²) in [5, 5.41) is 0. The van der Waals surface area contributed by atoms with E-state index in [4.69, 9.17) is 4.74 Å². The summed E-state index contributed by atoms with van der Waals surface area (Å²) in [5.74, 6) is -0.187. The highest BCUT2D eigenvalue weighted by molar-refractivity contribution is 7.93. The number of rotatable bonds is 5. The van der Waals surface area contributed by atoms with Gasteiger partial charge in [0.15, 0.2) is 9.84 Å². The van der Waals surface area contributed by atoms with Crippen LogP contribution in [0.5, 0.6) is 0 Å². The lowest BCUT2D eigenvalue weighted by Crippen LogP contribution is -2.68. The molecule has 0 aliphatic carbocycles. The van der Waals surface area contributed by atoms with Crippen molar-refractivity contribution < 1.29 is 22.3 Å². The minimum atomic E-state index is -3.18. The normalized spacial score (nSPS) is 27.5. The Labute approximate surface area is 113 Å². The molecule has 2 saturated heterocycles. The minimum absolute atomic E-state index is 0.0492. The predicted molar refractivity (Wildman–Crippen MR) is 68.3 cm³/mol. The van der Waals surface area contributed by atoms with Crippen LogP contribution in [0.1, 0.15) is 19.8 Å². The fourth-order valence-electron chi connectivity index (χ4n) is 2.98. The summed E-state index contributed by atoms with van der Waals surface area (Å²) < 4.78 is 41.1. The van der Waals surface area contributed by atoms with E-state index >= 15 is 0 Å². The molecule has 1 atom stereocenters. The predicted octanol–water partition coefficient (Wildman–Crippen LogP) is 0.398. The van der Waals surface area contributed by atoms with E-state index in [1.54, 1.807) is 0 Å². The lowest BCUT2D eigenvalue weighted by atomic mass is 9.83. The summed E-state index contributed by atoms with van der Waals surface area (Å²) in [7, 11) is -3.18. The molecule has 1 amide bonds. The Morgan fingerprint density at radius 1 is 1.47 bits per heavy atom. The number of ether oxygens (including phenoxy) is 1. The zero-order valence-corrected chi connectivity index (χ0v) is 11.9. The Kier molecular flexibility index (Phi) is 4.15. The largest absolute Gasteiger partial charge is 0.381 e. The summed E-state index contributed by atoms with van der Waals surface area (Å²) in [5.41, 5.74) is 0. The maximum absolute atomic E-state index is 12.2. The highest BCUT2D eigenvalue weighted by atomic mass is 32.2. The summed E-state index contributed by atoms with van der Waals surface area (Å²) in [4.78, 5) is 13.0. The number of carbonyl (C=O) groups excluding carboxylic acids is 1. The van der Waals surface area contributed by atoms with Gasteiger partial charge in [0.05, 0.1) is 25.5 Å². The smallest absolute Gasteiger partial charge is 0.225 e. The topological polar surface area (TPSA) is 63.7 Å². The van der Waals surface area contributed by atoms with Gasteiger partial charge in [-0.25, -0.2) is 8.42 Å². The molecule has 2 fully saturated rings. The third-order valence-electron chi connectivity index (χ3n) is 4.20. The molecule has 1 spiro atoms. The molecule has 2 aliphatic rings. The molecule has 0 N–H and O–H groups in total. The van der Waals surface area contributed by atoms with Crippen LogP contribution in [0, 0.1) is 5.92 Å². The maximum atomic E-state index is 12.2. The molecule has 19 heavy (non-hydrogen) atoms. The van der Waals surface area contributed by atoms with Gasteiger partial charge in [-0.1, -0.05) is 0 Å². The fourth-order valence-corrected chi connectivity index (χ4v) is 5.38. The molecule has 0 radical (unpaired) electrons. The molecule has 0 aromatic heterocycles. The molecule has 7 heteroatoms. The second-order valence-corrected chi connectivity index (χ2v) is 7.67. The van der Waals surface area contributed by atoms with Crippen molar-refractivity contribution in [2.45, 2.75) is 24.5 Å². The standard InChI is InChI=1S/C12H20FNO4S/c1-2-18-7-10-4-6-19(16,17)12(10)8-14(9-12)11(15)3-5-13/h10H,2-9H2,1H3. The number of carbonyl (C=O) groups is 1. The van der Waals surface area contributed by atoms with Crippen LogP contribution in [0.3, 0.4) is 0 Å². The first-order valence-electron chi connectivity index (χ1n) is 6.60. The zero-order chi connectivity index (χ0) is 14.1. The second kappa shape index (κ2) is 5.36. The van der Waals surface area contributed by atoms with E-state index in [1.807, 2.05) is 6.92 Å². The second-order valence-electron chi connectivity index (χ2n) is 5.22. The van der Waals surface area contributed by atoms with Gasteiger partial charge in [-0.2, -0.15) is 0 Å². The lowest BCUT2D eigenvalue weighted by molar-refractivity contribution is -0.138. The molecular formula is C12H20FNO4S. The number of sulfone groups is 1. The van der Waals surface area contributed by atoms with Crippen molar-refractivity contribution in [1.82, 2.24) is 4.90 Å². The first-order valence-corrected chi connectivity index (χ1v) is 8.26. The molecule has 1 unspecified atom stereocenters. The van der Waals surface area contributed by atoms with Crippen LogP contribution in [0.15, 0.2) is 0 Å². The van der Waals surface area contributed by atoms with Gasteiger partial charge in [-0.15, -0.1) is 0 Å². The number of likely N-dealkylation sites (tertiary alicyclic amines) is 1. The van der Waals surface area contributed by atoms with Crippen LogP contribution in [-0.4, -0.2) is 62.7 Å². The van der Waals surface area contributed by atoms with Crippen LogP contribution < -0.4 is 0 Å². The summed E-state index contributed by atoms with van der Waals surface area (Å²) in [6.07, 6.45) is 0.430. The Morgan fingerprint density at radius 2 is 2.16 bits per heavy atom. The highest BCUT2D eigenvalue weighted by Gasteiger charge is 2.62. The van der Waals surface area contributed by atoms with Gasteiger partial charge in [0.1, 0.15) is 4.75 Å². The van der Waals surface area contributed by atoms with E-state index < -0.39 is 21.3 Å². The van der Waals surface area contributed by atoms with Gasteiger partial charge < -0.3 is 9.64 Å². The average molecular weight is 293 g/mol. The molecular weight excluding hydrogens is 273 g/mol. The molecule has 110 valence electrons. The molecule has 0 aromatic rings. The number of hydrogen-bond donors (Lipinski definition) is 0. The van der Waals surface area contributed by atoms with Gasteiger partial charge in [0.2, 0.25) is 5.91 Å². The Bertz CT molecular complexity index is 445. The molecule has 5 nitrogen and oxygen atoms in total. The lowest BCUT2D eigenvalue weighted by Gasteiger charge is -2.49. The van der Waals surface area contributed by atoms with Gasteiger partial charge >= 0.3 is 0 Å². The van der Waals surface area contributed by atoms with Crippen molar-refractivity contribution >= 4 is 15.7 Å². The molecule has 2 heterocycles. The van der Waals surface area contributed by atoms with E-state index in [-0.39, 0.29) is 37.1 Å². The van der Waals surface area contributed by atoms with Gasteiger partial charge in [0, 0.05) is 25.6 Å². The molecule has 2 aliphatic heterocycles. The maximum Gasteiger partial charge on any atom is 0.225 e. The van der Waals surface area contributed by atoms with Crippen molar-refractivity contribution in [3.8, 4) is 0 Å². The van der Waals surface area contributed by atoms with Gasteiger partial charge in [-0.05, 0) is 13.3 Å². The van der Waals surface area contributed by atoms with Crippen LogP contribution in [0.4, 0.5) is 4.39 Å². The van der Waals surface area contributed by atoms with Crippen LogP contribution in [0.25, 0.3) is 0 Å². The van der Waals surface area contributed by atoms with Crippen molar-refractivity contribution in [3.63, 3.8) is 0 Å². The highest BCUT2D eigenvalue weighted by Crippen LogP contribution is 2.44. The summed E-state index contributed by atoms with van der Waals surface area (Å²) >= 11 is 0. The molecule has 2 rings (SSSR count). The van der Waals surface area contributed by atoms with Crippen LogP contribution in [0.2, 0.25) is 0 Å². The monoisotopic (exact) mass is 293 g/mol. The Morgan fingerprint density at radius 3 is 2.74 bits per heavy atom. The van der Waals surface area contributed by atoms with Crippen molar-refractivity contribution in [2.75, 3.05) is 38.7 Å². The number of hydrogen-bond acceptors (Lipinski definition) is 4. The van der Waals surface area contributed by atoms with Gasteiger partial charge in [0.25, 0.3) is 0 Å². The van der Waals surface area contributed by atoms with E-state index in [0.717, 1.165) is 0 Å². The number of alkyl halides is 1. The Hall–Kier alpha value is -0.690. The molecule has 0 bridgehead atoms. The fraction of sp³-hybridized carbons (Fsp3) is 0.917. The third kappa shape index (κ3) is 2.38. The number of amides is 1. The third-order valence-corrected chi connectivity index (χ3v) is 6.80. The quantitative estimate of drug-likeness (QED) is 0.736. The van der Waals surface area contributed by atoms with Crippen molar-refractivity contribution in [3.05, 3.63) is 0 Å². The summed E-state index contributed by atoms with van der Waals surface area (Å²) in [6.45, 7) is 2.54. The minimum Gasteiger partial charge on any atom is -0.381 e. The Balaban J connectivity index is 2.06. The molecule has 0 saturated carbocycles. The van der Waals surface area contributed by atoms with E-state index in [2.05, 4.69) is 0 Å².